The summed E-state index contributed by atoms with van der Waals surface area (Å²) in [6, 6.07) is 1.19. The fraction of sp³-hybridized carbons (Fsp3) is 0.250. The second-order valence-electron chi connectivity index (χ2n) is 2.50. The van der Waals surface area contributed by atoms with Crippen LogP contribution in [0.5, 0.6) is 0 Å². The second-order valence-corrected chi connectivity index (χ2v) is 2.50. The Morgan fingerprint density at radius 3 is 2.00 bits per heavy atom. The molecule has 1 nitrogen and oxygen atoms in total. The summed E-state index contributed by atoms with van der Waals surface area (Å²) in [6.07, 6.45) is -1.68. The summed E-state index contributed by atoms with van der Waals surface area (Å²) in [4.78, 5) is 0. The number of nitrogens with two attached hydrogens (primary N) is 1. The molecule has 0 spiro atoms. The molecule has 0 aliphatic heterocycles. The van der Waals surface area contributed by atoms with Crippen LogP contribution in [0.25, 0.3) is 0 Å². The molecule has 72 valence electrons. The van der Waals surface area contributed by atoms with E-state index in [1.54, 1.807) is 0 Å². The molecule has 0 saturated carbocycles. The molecule has 1 atom stereocenters. The zero-order valence-electron chi connectivity index (χ0n) is 6.53. The van der Waals surface area contributed by atoms with Crippen molar-refractivity contribution in [3.63, 3.8) is 0 Å². The molecule has 13 heavy (non-hydrogen) atoms. The van der Waals surface area contributed by atoms with Crippen LogP contribution in [0.15, 0.2) is 12.1 Å². The number of rotatable bonds is 2. The fourth-order valence-electron chi connectivity index (χ4n) is 0.892. The van der Waals surface area contributed by atoms with Gasteiger partial charge in [-0.15, -0.1) is 0 Å². The highest BCUT2D eigenvalue weighted by Crippen LogP contribution is 2.20. The van der Waals surface area contributed by atoms with Gasteiger partial charge < -0.3 is 5.73 Å². The van der Waals surface area contributed by atoms with Crippen LogP contribution < -0.4 is 5.73 Å². The van der Waals surface area contributed by atoms with Gasteiger partial charge in [0.05, 0.1) is 0 Å². The molecule has 0 aromatic heterocycles. The van der Waals surface area contributed by atoms with Crippen molar-refractivity contribution in [1.82, 2.24) is 0 Å². The molecule has 5 heteroatoms. The first-order chi connectivity index (χ1) is 6.06. The average Bonchev–Trinajstić information content (AvgIpc) is 2.12. The molecule has 0 heterocycles. The lowest BCUT2D eigenvalue weighted by Crippen LogP contribution is -2.09. The molecule has 0 amide bonds. The van der Waals surface area contributed by atoms with E-state index in [2.05, 4.69) is 0 Å². The summed E-state index contributed by atoms with van der Waals surface area (Å²) in [5, 5.41) is 0. The van der Waals surface area contributed by atoms with Gasteiger partial charge in [-0.05, 0) is 17.7 Å². The SMILES string of the molecule is NCC(F)c1cc(F)c(F)c(F)c1. The van der Waals surface area contributed by atoms with Gasteiger partial charge in [-0.3, -0.25) is 0 Å². The molecule has 0 aliphatic carbocycles. The Balaban J connectivity index is 3.13. The normalized spacial score (nSPS) is 13.0. The van der Waals surface area contributed by atoms with Crippen LogP contribution in [0.4, 0.5) is 17.6 Å². The van der Waals surface area contributed by atoms with Crippen molar-refractivity contribution >= 4 is 0 Å². The Bertz CT molecular complexity index is 290. The Morgan fingerprint density at radius 2 is 1.62 bits per heavy atom. The van der Waals surface area contributed by atoms with E-state index in [0.717, 1.165) is 0 Å². The third-order valence-electron chi connectivity index (χ3n) is 1.57. The standard InChI is InChI=1S/C8H7F4N/c9-5-1-4(7(11)3-13)2-6(10)8(5)12/h1-2,7H,3,13H2. The van der Waals surface area contributed by atoms with Gasteiger partial charge in [0.15, 0.2) is 17.5 Å². The molecule has 1 rings (SSSR count). The first-order valence-corrected chi connectivity index (χ1v) is 3.55. The lowest BCUT2D eigenvalue weighted by Gasteiger charge is -2.05. The Morgan fingerprint density at radius 1 is 1.15 bits per heavy atom. The van der Waals surface area contributed by atoms with E-state index in [4.69, 9.17) is 5.73 Å². The molecule has 0 bridgehead atoms. The lowest BCUT2D eigenvalue weighted by molar-refractivity contribution is 0.346. The lowest BCUT2D eigenvalue weighted by atomic mass is 10.1. The molecule has 1 aromatic carbocycles. The highest BCUT2D eigenvalue weighted by atomic mass is 19.2. The Hall–Kier alpha value is -1.10. The van der Waals surface area contributed by atoms with Gasteiger partial charge in [0, 0.05) is 6.54 Å². The van der Waals surface area contributed by atoms with E-state index in [9.17, 15) is 17.6 Å². The highest BCUT2D eigenvalue weighted by Gasteiger charge is 2.15. The Kier molecular flexibility index (Phi) is 2.87. The van der Waals surface area contributed by atoms with Gasteiger partial charge in [-0.1, -0.05) is 0 Å². The predicted octanol–water partition coefficient (Wildman–Crippen LogP) is 2.07. The van der Waals surface area contributed by atoms with Crippen molar-refractivity contribution in [2.24, 2.45) is 5.73 Å². The van der Waals surface area contributed by atoms with Crippen molar-refractivity contribution in [1.29, 1.82) is 0 Å². The number of benzene rings is 1. The van der Waals surface area contributed by atoms with Gasteiger partial charge in [-0.25, -0.2) is 17.6 Å². The van der Waals surface area contributed by atoms with Crippen LogP contribution in [0.2, 0.25) is 0 Å². The first kappa shape index (κ1) is 9.98. The van der Waals surface area contributed by atoms with Crippen molar-refractivity contribution in [2.45, 2.75) is 6.17 Å². The van der Waals surface area contributed by atoms with Gasteiger partial charge in [0.25, 0.3) is 0 Å². The summed E-state index contributed by atoms with van der Waals surface area (Å²) >= 11 is 0. The van der Waals surface area contributed by atoms with Crippen molar-refractivity contribution in [2.75, 3.05) is 6.54 Å². The predicted molar refractivity (Wildman–Crippen MR) is 39.2 cm³/mol. The molecule has 0 radical (unpaired) electrons. The van der Waals surface area contributed by atoms with E-state index < -0.39 is 30.2 Å². The van der Waals surface area contributed by atoms with Crippen molar-refractivity contribution < 1.29 is 17.6 Å². The molecular weight excluding hydrogens is 186 g/mol. The van der Waals surface area contributed by atoms with Crippen LogP contribution in [0.1, 0.15) is 11.7 Å². The van der Waals surface area contributed by atoms with Crippen LogP contribution in [-0.4, -0.2) is 6.54 Å². The topological polar surface area (TPSA) is 26.0 Å². The number of alkyl halides is 1. The molecule has 0 aliphatic rings. The second kappa shape index (κ2) is 3.74. The molecule has 1 unspecified atom stereocenters. The van der Waals surface area contributed by atoms with Crippen LogP contribution in [-0.2, 0) is 0 Å². The molecular formula is C8H7F4N. The van der Waals surface area contributed by atoms with E-state index in [1.165, 1.54) is 0 Å². The average molecular weight is 193 g/mol. The third-order valence-corrected chi connectivity index (χ3v) is 1.57. The molecule has 2 N–H and O–H groups in total. The summed E-state index contributed by atoms with van der Waals surface area (Å²) in [6.45, 7) is -0.398. The van der Waals surface area contributed by atoms with Crippen LogP contribution in [0, 0.1) is 17.5 Å². The number of hydrogen-bond donors (Lipinski definition) is 1. The number of hydrogen-bond acceptors (Lipinski definition) is 1. The zero-order chi connectivity index (χ0) is 10.0. The maximum atomic E-state index is 12.8. The van der Waals surface area contributed by atoms with Gasteiger partial charge in [0.1, 0.15) is 6.17 Å². The minimum Gasteiger partial charge on any atom is -0.327 e. The maximum Gasteiger partial charge on any atom is 0.194 e. The van der Waals surface area contributed by atoms with Gasteiger partial charge in [0.2, 0.25) is 0 Å². The van der Waals surface area contributed by atoms with Gasteiger partial charge in [-0.2, -0.15) is 0 Å². The van der Waals surface area contributed by atoms with Crippen molar-refractivity contribution in [3.8, 4) is 0 Å². The van der Waals surface area contributed by atoms with E-state index in [-0.39, 0.29) is 5.56 Å². The molecule has 0 fully saturated rings. The largest absolute Gasteiger partial charge is 0.327 e. The summed E-state index contributed by atoms with van der Waals surface area (Å²) in [7, 11) is 0. The smallest absolute Gasteiger partial charge is 0.194 e. The summed E-state index contributed by atoms with van der Waals surface area (Å²) < 4.78 is 50.2. The third kappa shape index (κ3) is 1.98. The molecule has 1 aromatic rings. The van der Waals surface area contributed by atoms with E-state index >= 15 is 0 Å². The monoisotopic (exact) mass is 193 g/mol. The van der Waals surface area contributed by atoms with Crippen LogP contribution in [0.3, 0.4) is 0 Å². The summed E-state index contributed by atoms with van der Waals surface area (Å²) in [5.41, 5.74) is 4.64. The maximum absolute atomic E-state index is 12.8. The Labute approximate surface area is 72.2 Å². The van der Waals surface area contributed by atoms with Crippen LogP contribution >= 0.6 is 0 Å². The minimum absolute atomic E-state index is 0.293. The minimum atomic E-state index is -1.68. The summed E-state index contributed by atoms with van der Waals surface area (Å²) in [5.74, 6) is -4.43. The van der Waals surface area contributed by atoms with E-state index in [1.807, 2.05) is 0 Å². The van der Waals surface area contributed by atoms with Gasteiger partial charge >= 0.3 is 0 Å². The number of halogens is 4. The first-order valence-electron chi connectivity index (χ1n) is 3.55. The van der Waals surface area contributed by atoms with E-state index in [0.29, 0.717) is 12.1 Å². The fourth-order valence-corrected chi connectivity index (χ4v) is 0.892. The quantitative estimate of drug-likeness (QED) is 0.564. The molecule has 0 saturated heterocycles. The highest BCUT2D eigenvalue weighted by molar-refractivity contribution is 5.21. The van der Waals surface area contributed by atoms with Crippen molar-refractivity contribution in [3.05, 3.63) is 35.1 Å². The zero-order valence-corrected chi connectivity index (χ0v) is 6.53.